The Morgan fingerprint density at radius 1 is 1.11 bits per heavy atom. The largest absolute Gasteiger partial charge is 0.370 e. The van der Waals surface area contributed by atoms with Crippen molar-refractivity contribution in [2.24, 2.45) is 0 Å². The van der Waals surface area contributed by atoms with Crippen LogP contribution in [0.3, 0.4) is 0 Å². The number of anilines is 2. The molecule has 0 saturated carbocycles. The minimum absolute atomic E-state index is 0.108. The molecule has 1 fully saturated rings. The fourth-order valence-electron chi connectivity index (χ4n) is 5.64. The third-order valence-electron chi connectivity index (χ3n) is 7.66. The van der Waals surface area contributed by atoms with Gasteiger partial charge in [-0.1, -0.05) is 18.2 Å². The normalized spacial score (nSPS) is 15.9. The lowest BCUT2D eigenvalue weighted by molar-refractivity contribution is 0.0964. The number of piperidine rings is 1. The van der Waals surface area contributed by atoms with Crippen molar-refractivity contribution in [1.29, 1.82) is 0 Å². The van der Waals surface area contributed by atoms with Crippen molar-refractivity contribution in [1.82, 2.24) is 35.1 Å². The zero-order chi connectivity index (χ0) is 25.9. The van der Waals surface area contributed by atoms with Crippen molar-refractivity contribution < 1.29 is 4.79 Å². The van der Waals surface area contributed by atoms with E-state index < -0.39 is 0 Å². The number of hydrogen-bond acceptors (Lipinski definition) is 8. The average Bonchev–Trinajstić information content (AvgIpc) is 3.41. The molecule has 3 aromatic heterocycles. The third kappa shape index (κ3) is 4.79. The summed E-state index contributed by atoms with van der Waals surface area (Å²) < 4.78 is 2.42. The zero-order valence-electron chi connectivity index (χ0n) is 21.7. The van der Waals surface area contributed by atoms with Crippen molar-refractivity contribution in [3.8, 4) is 0 Å². The van der Waals surface area contributed by atoms with E-state index in [9.17, 15) is 4.79 Å². The first-order valence-electron chi connectivity index (χ1n) is 13.4. The summed E-state index contributed by atoms with van der Waals surface area (Å²) in [6.07, 6.45) is 8.51. The molecule has 0 spiro atoms. The van der Waals surface area contributed by atoms with Crippen LogP contribution in [-0.2, 0) is 19.5 Å². The highest BCUT2D eigenvalue weighted by Gasteiger charge is 2.25. The molecule has 0 radical (unpaired) electrons. The van der Waals surface area contributed by atoms with Crippen LogP contribution in [0, 0.1) is 0 Å². The van der Waals surface area contributed by atoms with Gasteiger partial charge in [0.05, 0.1) is 17.6 Å². The number of rotatable bonds is 7. The zero-order valence-corrected chi connectivity index (χ0v) is 21.7. The number of pyridine rings is 1. The predicted molar refractivity (Wildman–Crippen MR) is 147 cm³/mol. The van der Waals surface area contributed by atoms with Gasteiger partial charge in [0.2, 0.25) is 0 Å². The van der Waals surface area contributed by atoms with E-state index >= 15 is 0 Å². The summed E-state index contributed by atoms with van der Waals surface area (Å²) in [4.78, 5) is 32.9. The number of carbonyl (C=O) groups excluding carboxylic acids is 1. The van der Waals surface area contributed by atoms with Gasteiger partial charge in [-0.25, -0.2) is 15.0 Å². The Kier molecular flexibility index (Phi) is 6.87. The Labute approximate surface area is 221 Å². The van der Waals surface area contributed by atoms with Gasteiger partial charge in [-0.15, -0.1) is 0 Å². The van der Waals surface area contributed by atoms with Crippen LogP contribution < -0.4 is 20.9 Å². The number of carbonyl (C=O) groups is 1. The summed E-state index contributed by atoms with van der Waals surface area (Å²) in [6, 6.07) is 9.75. The smallest absolute Gasteiger partial charge is 0.251 e. The van der Waals surface area contributed by atoms with E-state index in [1.54, 1.807) is 25.6 Å². The lowest BCUT2D eigenvalue weighted by atomic mass is 9.95. The van der Waals surface area contributed by atoms with Crippen molar-refractivity contribution in [3.05, 3.63) is 71.7 Å². The van der Waals surface area contributed by atoms with Gasteiger partial charge in [0.15, 0.2) is 0 Å². The van der Waals surface area contributed by atoms with Gasteiger partial charge >= 0.3 is 0 Å². The summed E-state index contributed by atoms with van der Waals surface area (Å²) in [5.41, 5.74) is 3.96. The quantitative estimate of drug-likeness (QED) is 0.347. The number of nitrogens with zero attached hydrogens (tertiary/aromatic N) is 6. The number of aromatic nitrogens is 5. The van der Waals surface area contributed by atoms with Gasteiger partial charge in [-0.2, -0.15) is 0 Å². The van der Waals surface area contributed by atoms with Crippen LogP contribution in [-0.4, -0.2) is 63.6 Å². The maximum atomic E-state index is 12.3. The number of fused-ring (bicyclic) bond motifs is 2. The Balaban J connectivity index is 1.11. The molecular formula is C28H33N9O. The van der Waals surface area contributed by atoms with Crippen LogP contribution in [0.2, 0.25) is 0 Å². The molecule has 0 aliphatic carbocycles. The Morgan fingerprint density at radius 3 is 2.87 bits per heavy atom. The maximum absolute atomic E-state index is 12.3. The highest BCUT2D eigenvalue weighted by molar-refractivity contribution is 6.06. The van der Waals surface area contributed by atoms with E-state index in [1.807, 2.05) is 18.2 Å². The summed E-state index contributed by atoms with van der Waals surface area (Å²) >= 11 is 0. The first kappa shape index (κ1) is 24.3. The lowest BCUT2D eigenvalue weighted by Crippen LogP contribution is -2.36. The van der Waals surface area contributed by atoms with E-state index in [-0.39, 0.29) is 5.91 Å². The molecule has 0 unspecified atom stereocenters. The average molecular weight is 512 g/mol. The van der Waals surface area contributed by atoms with E-state index in [4.69, 9.17) is 4.98 Å². The fraction of sp³-hybridized carbons (Fsp3) is 0.393. The second kappa shape index (κ2) is 10.7. The van der Waals surface area contributed by atoms with E-state index in [2.05, 4.69) is 52.6 Å². The molecule has 0 atom stereocenters. The molecule has 10 heteroatoms. The highest BCUT2D eigenvalue weighted by Crippen LogP contribution is 2.29. The summed E-state index contributed by atoms with van der Waals surface area (Å²) in [5.74, 6) is 3.30. The van der Waals surface area contributed by atoms with Crippen LogP contribution in [0.5, 0.6) is 0 Å². The van der Waals surface area contributed by atoms with Crippen molar-refractivity contribution in [2.45, 2.75) is 38.3 Å². The molecule has 5 heterocycles. The molecule has 6 rings (SSSR count). The summed E-state index contributed by atoms with van der Waals surface area (Å²) in [5, 5.41) is 10.5. The molecule has 196 valence electrons. The molecule has 3 N–H and O–H groups in total. The molecule has 1 aromatic carbocycles. The molecule has 10 nitrogen and oxygen atoms in total. The summed E-state index contributed by atoms with van der Waals surface area (Å²) in [7, 11) is 1.64. The van der Waals surface area contributed by atoms with Crippen LogP contribution in [0.25, 0.3) is 10.9 Å². The van der Waals surface area contributed by atoms with E-state index in [0.29, 0.717) is 18.0 Å². The van der Waals surface area contributed by atoms with Crippen molar-refractivity contribution in [2.75, 3.05) is 43.4 Å². The minimum Gasteiger partial charge on any atom is -0.370 e. The van der Waals surface area contributed by atoms with E-state index in [1.165, 1.54) is 18.5 Å². The van der Waals surface area contributed by atoms with Gasteiger partial charge in [-0.3, -0.25) is 9.78 Å². The first-order chi connectivity index (χ1) is 18.7. The highest BCUT2D eigenvalue weighted by atomic mass is 16.1. The molecule has 38 heavy (non-hydrogen) atoms. The van der Waals surface area contributed by atoms with Gasteiger partial charge in [0, 0.05) is 62.1 Å². The Morgan fingerprint density at radius 2 is 2.00 bits per heavy atom. The van der Waals surface area contributed by atoms with E-state index in [0.717, 1.165) is 73.1 Å². The maximum Gasteiger partial charge on any atom is 0.251 e. The molecule has 0 bridgehead atoms. The van der Waals surface area contributed by atoms with Crippen molar-refractivity contribution in [3.63, 3.8) is 0 Å². The predicted octanol–water partition coefficient (Wildman–Crippen LogP) is 2.72. The van der Waals surface area contributed by atoms with Crippen LogP contribution in [0.4, 0.5) is 11.6 Å². The molecule has 4 aromatic rings. The first-order valence-corrected chi connectivity index (χ1v) is 13.4. The minimum atomic E-state index is -0.108. The van der Waals surface area contributed by atoms with Crippen LogP contribution in [0.15, 0.2) is 49.1 Å². The Hall–Kier alpha value is -4.05. The third-order valence-corrected chi connectivity index (χ3v) is 7.66. The molecular weight excluding hydrogens is 478 g/mol. The standard InChI is InChI=1S/C28H33N9O/c1-29-28(38)22-8-12-32-27-20(3-2-4-21(22)27)7-11-31-24-15-25(35-18-34-24)36-13-14-37-23(16-33-26(37)17-36)19-5-9-30-10-6-19/h2-4,8,12,15-16,18-19,30H,5-7,9-11,13-14,17H2,1H3,(H,29,38)(H,31,34,35). The summed E-state index contributed by atoms with van der Waals surface area (Å²) in [6.45, 7) is 5.42. The monoisotopic (exact) mass is 511 g/mol. The van der Waals surface area contributed by atoms with Crippen LogP contribution >= 0.6 is 0 Å². The number of para-hydroxylation sites is 1. The van der Waals surface area contributed by atoms with Gasteiger partial charge in [-0.05, 0) is 44.0 Å². The number of benzene rings is 1. The SMILES string of the molecule is CNC(=O)c1ccnc2c(CCNc3cc(N4CCn5c(C6CCNCC6)cnc5C4)ncn3)cccc12. The molecule has 1 saturated heterocycles. The number of imidazole rings is 1. The number of hydrogen-bond donors (Lipinski definition) is 3. The van der Waals surface area contributed by atoms with Crippen molar-refractivity contribution >= 4 is 28.4 Å². The molecule has 2 aliphatic rings. The lowest BCUT2D eigenvalue weighted by Gasteiger charge is -2.31. The fourth-order valence-corrected chi connectivity index (χ4v) is 5.64. The number of nitrogens with one attached hydrogen (secondary N) is 3. The van der Waals surface area contributed by atoms with Gasteiger partial charge in [0.1, 0.15) is 23.8 Å². The molecule has 2 aliphatic heterocycles. The topological polar surface area (TPSA) is 113 Å². The van der Waals surface area contributed by atoms with Gasteiger partial charge < -0.3 is 25.4 Å². The number of amides is 1. The second-order valence-electron chi connectivity index (χ2n) is 9.89. The van der Waals surface area contributed by atoms with Gasteiger partial charge in [0.25, 0.3) is 5.91 Å². The molecule has 1 amide bonds. The Bertz CT molecular complexity index is 1440. The second-order valence-corrected chi connectivity index (χ2v) is 9.89. The van der Waals surface area contributed by atoms with Crippen LogP contribution in [0.1, 0.15) is 46.2 Å².